The van der Waals surface area contributed by atoms with Crippen molar-refractivity contribution in [3.05, 3.63) is 29.8 Å². The van der Waals surface area contributed by atoms with Crippen molar-refractivity contribution in [1.29, 1.82) is 0 Å². The number of rotatable bonds is 6. The van der Waals surface area contributed by atoms with Crippen molar-refractivity contribution in [1.82, 2.24) is 10.2 Å². The topological polar surface area (TPSA) is 67.9 Å². The van der Waals surface area contributed by atoms with E-state index in [1.54, 1.807) is 33.4 Å². The van der Waals surface area contributed by atoms with Gasteiger partial charge in [-0.25, -0.2) is 0 Å². The van der Waals surface area contributed by atoms with E-state index < -0.39 is 5.60 Å². The molecule has 2 amide bonds. The number of likely N-dealkylation sites (tertiary alicyclic amines) is 1. The quantitative estimate of drug-likeness (QED) is 0.862. The molecule has 0 aliphatic carbocycles. The average molecular weight is 334 g/mol. The highest BCUT2D eigenvalue weighted by atomic mass is 16.5. The monoisotopic (exact) mass is 334 g/mol. The van der Waals surface area contributed by atoms with Crippen molar-refractivity contribution in [2.24, 2.45) is 0 Å². The second-order valence-electron chi connectivity index (χ2n) is 6.12. The summed E-state index contributed by atoms with van der Waals surface area (Å²) in [5.74, 6) is 0.619. The number of carbonyl (C=O) groups is 2. The van der Waals surface area contributed by atoms with E-state index in [1.807, 2.05) is 17.0 Å². The van der Waals surface area contributed by atoms with E-state index in [0.29, 0.717) is 37.2 Å². The van der Waals surface area contributed by atoms with Crippen molar-refractivity contribution < 1.29 is 19.1 Å². The predicted octanol–water partition coefficient (Wildman–Crippen LogP) is 1.84. The van der Waals surface area contributed by atoms with Crippen LogP contribution >= 0.6 is 0 Å². The van der Waals surface area contributed by atoms with Gasteiger partial charge in [0.15, 0.2) is 0 Å². The fourth-order valence-electron chi connectivity index (χ4n) is 3.15. The van der Waals surface area contributed by atoms with Gasteiger partial charge in [-0.3, -0.25) is 9.59 Å². The fourth-order valence-corrected chi connectivity index (χ4v) is 3.15. The minimum atomic E-state index is -0.459. The summed E-state index contributed by atoms with van der Waals surface area (Å²) in [7, 11) is 4.86. The SMILES string of the molecule is CNC(=O)CC[C@]1(OC)CCCN(C(=O)c2cccc(OC)c2)C1. The number of hydrogen-bond donors (Lipinski definition) is 1. The molecule has 24 heavy (non-hydrogen) atoms. The Morgan fingerprint density at radius 2 is 2.12 bits per heavy atom. The third-order valence-corrected chi connectivity index (χ3v) is 4.66. The Bertz CT molecular complexity index is 590. The molecule has 6 nitrogen and oxygen atoms in total. The van der Waals surface area contributed by atoms with E-state index in [0.717, 1.165) is 12.8 Å². The van der Waals surface area contributed by atoms with Crippen LogP contribution in [0.15, 0.2) is 24.3 Å². The number of benzene rings is 1. The van der Waals surface area contributed by atoms with Crippen LogP contribution in [0.3, 0.4) is 0 Å². The largest absolute Gasteiger partial charge is 0.497 e. The van der Waals surface area contributed by atoms with Crippen molar-refractivity contribution in [3.63, 3.8) is 0 Å². The van der Waals surface area contributed by atoms with E-state index in [1.165, 1.54) is 0 Å². The number of carbonyl (C=O) groups excluding carboxylic acids is 2. The predicted molar refractivity (Wildman–Crippen MR) is 91.2 cm³/mol. The number of methoxy groups -OCH3 is 2. The normalized spacial score (nSPS) is 20.5. The number of piperidine rings is 1. The van der Waals surface area contributed by atoms with Gasteiger partial charge in [0.25, 0.3) is 5.91 Å². The van der Waals surface area contributed by atoms with Crippen LogP contribution in [0, 0.1) is 0 Å². The molecular formula is C18H26N2O4. The highest BCUT2D eigenvalue weighted by Gasteiger charge is 2.37. The molecule has 0 radical (unpaired) electrons. The zero-order valence-electron chi connectivity index (χ0n) is 14.6. The summed E-state index contributed by atoms with van der Waals surface area (Å²) in [6.07, 6.45) is 2.70. The van der Waals surface area contributed by atoms with Crippen molar-refractivity contribution in [2.75, 3.05) is 34.4 Å². The molecule has 0 aromatic heterocycles. The number of ether oxygens (including phenoxy) is 2. The molecule has 1 aromatic carbocycles. The number of nitrogens with one attached hydrogen (secondary N) is 1. The molecule has 2 rings (SSSR count). The smallest absolute Gasteiger partial charge is 0.254 e. The standard InChI is InChI=1S/C18H26N2O4/c1-19-16(21)8-10-18(24-3)9-5-11-20(13-18)17(22)14-6-4-7-15(12-14)23-2/h4,6-7,12H,5,8-11,13H2,1-3H3,(H,19,21)/t18-/m1/s1. The maximum atomic E-state index is 12.8. The summed E-state index contributed by atoms with van der Waals surface area (Å²) in [6.45, 7) is 1.19. The molecule has 1 N–H and O–H groups in total. The first kappa shape index (κ1) is 18.3. The van der Waals surface area contributed by atoms with Crippen molar-refractivity contribution >= 4 is 11.8 Å². The summed E-state index contributed by atoms with van der Waals surface area (Å²) in [6, 6.07) is 7.16. The lowest BCUT2D eigenvalue weighted by Gasteiger charge is -2.42. The molecule has 132 valence electrons. The summed E-state index contributed by atoms with van der Waals surface area (Å²) < 4.78 is 10.9. The Morgan fingerprint density at radius 1 is 1.33 bits per heavy atom. The third-order valence-electron chi connectivity index (χ3n) is 4.66. The first-order valence-electron chi connectivity index (χ1n) is 8.22. The molecule has 1 saturated heterocycles. The van der Waals surface area contributed by atoms with Crippen LogP contribution in [0.5, 0.6) is 5.75 Å². The molecule has 0 spiro atoms. The summed E-state index contributed by atoms with van der Waals surface area (Å²) in [5, 5.41) is 2.63. The van der Waals surface area contributed by atoms with E-state index in [4.69, 9.17) is 9.47 Å². The van der Waals surface area contributed by atoms with Gasteiger partial charge >= 0.3 is 0 Å². The van der Waals surface area contributed by atoms with E-state index in [2.05, 4.69) is 5.32 Å². The van der Waals surface area contributed by atoms with Crippen molar-refractivity contribution in [3.8, 4) is 5.75 Å². The summed E-state index contributed by atoms with van der Waals surface area (Å²) in [5.41, 5.74) is 0.145. The van der Waals surface area contributed by atoms with Gasteiger partial charge in [-0.2, -0.15) is 0 Å². The van der Waals surface area contributed by atoms with E-state index in [9.17, 15) is 9.59 Å². The van der Waals surface area contributed by atoms with Gasteiger partial charge in [-0.1, -0.05) is 6.07 Å². The molecule has 0 bridgehead atoms. The van der Waals surface area contributed by atoms with Crippen molar-refractivity contribution in [2.45, 2.75) is 31.3 Å². The van der Waals surface area contributed by atoms with Crippen LogP contribution in [0.25, 0.3) is 0 Å². The Morgan fingerprint density at radius 3 is 2.79 bits per heavy atom. The highest BCUT2D eigenvalue weighted by molar-refractivity contribution is 5.94. The van der Waals surface area contributed by atoms with Gasteiger partial charge in [-0.15, -0.1) is 0 Å². The second-order valence-corrected chi connectivity index (χ2v) is 6.12. The highest BCUT2D eigenvalue weighted by Crippen LogP contribution is 2.30. The lowest BCUT2D eigenvalue weighted by molar-refractivity contribution is -0.123. The number of hydrogen-bond acceptors (Lipinski definition) is 4. The van der Waals surface area contributed by atoms with Crippen LogP contribution in [0.1, 0.15) is 36.0 Å². The zero-order chi connectivity index (χ0) is 17.6. The lowest BCUT2D eigenvalue weighted by atomic mass is 9.87. The molecule has 0 unspecified atom stereocenters. The molecule has 1 heterocycles. The molecular weight excluding hydrogens is 308 g/mol. The molecule has 1 atom stereocenters. The summed E-state index contributed by atoms with van der Waals surface area (Å²) in [4.78, 5) is 26.2. The van der Waals surface area contributed by atoms with Crippen LogP contribution in [-0.2, 0) is 9.53 Å². The van der Waals surface area contributed by atoms with Gasteiger partial charge < -0.3 is 19.7 Å². The van der Waals surface area contributed by atoms with Gasteiger partial charge in [0.05, 0.1) is 12.7 Å². The minimum absolute atomic E-state index is 0.0114. The van der Waals surface area contributed by atoms with Gasteiger partial charge in [0, 0.05) is 39.2 Å². The summed E-state index contributed by atoms with van der Waals surface area (Å²) >= 11 is 0. The maximum Gasteiger partial charge on any atom is 0.254 e. The van der Waals surface area contributed by atoms with Crippen LogP contribution in [0.4, 0.5) is 0 Å². The van der Waals surface area contributed by atoms with Gasteiger partial charge in [-0.05, 0) is 37.5 Å². The molecule has 1 aliphatic rings. The van der Waals surface area contributed by atoms with Crippen LogP contribution in [0.2, 0.25) is 0 Å². The van der Waals surface area contributed by atoms with Crippen LogP contribution in [-0.4, -0.2) is 56.7 Å². The first-order valence-corrected chi connectivity index (χ1v) is 8.22. The molecule has 1 aliphatic heterocycles. The van der Waals surface area contributed by atoms with Crippen LogP contribution < -0.4 is 10.1 Å². The van der Waals surface area contributed by atoms with Gasteiger partial charge in [0.1, 0.15) is 5.75 Å². The fraction of sp³-hybridized carbons (Fsp3) is 0.556. The number of nitrogens with zero attached hydrogens (tertiary/aromatic N) is 1. The molecule has 1 fully saturated rings. The van der Waals surface area contributed by atoms with E-state index in [-0.39, 0.29) is 11.8 Å². The maximum absolute atomic E-state index is 12.8. The number of amides is 2. The lowest BCUT2D eigenvalue weighted by Crippen LogP contribution is -2.51. The third kappa shape index (κ3) is 4.26. The average Bonchev–Trinajstić information content (AvgIpc) is 2.65. The Hall–Kier alpha value is -2.08. The Balaban J connectivity index is 2.10. The first-order chi connectivity index (χ1) is 11.5. The molecule has 0 saturated carbocycles. The zero-order valence-corrected chi connectivity index (χ0v) is 14.6. The van der Waals surface area contributed by atoms with E-state index >= 15 is 0 Å². The molecule has 6 heteroatoms. The minimum Gasteiger partial charge on any atom is -0.497 e. The Kier molecular flexibility index (Phi) is 6.20. The second kappa shape index (κ2) is 8.15. The Labute approximate surface area is 143 Å². The molecule has 1 aromatic rings. The van der Waals surface area contributed by atoms with Gasteiger partial charge in [0.2, 0.25) is 5.91 Å².